The Morgan fingerprint density at radius 3 is 2.77 bits per heavy atom. The van der Waals surface area contributed by atoms with E-state index in [4.69, 9.17) is 15.7 Å². The first-order valence-electron chi connectivity index (χ1n) is 7.74. The van der Waals surface area contributed by atoms with Crippen molar-refractivity contribution in [3.63, 3.8) is 0 Å². The van der Waals surface area contributed by atoms with Gasteiger partial charge in [-0.25, -0.2) is 5.84 Å². The molecule has 0 aliphatic rings. The summed E-state index contributed by atoms with van der Waals surface area (Å²) in [5, 5.41) is 25.7. The van der Waals surface area contributed by atoms with Crippen LogP contribution < -0.4 is 16.5 Å². The van der Waals surface area contributed by atoms with E-state index in [9.17, 15) is 5.11 Å². The number of nitrogens with two attached hydrogens (primary N) is 1. The van der Waals surface area contributed by atoms with Crippen molar-refractivity contribution in [2.45, 2.75) is 13.5 Å². The molecule has 26 heavy (non-hydrogen) atoms. The molecule has 2 heterocycles. The van der Waals surface area contributed by atoms with Gasteiger partial charge in [0, 0.05) is 7.05 Å². The summed E-state index contributed by atoms with van der Waals surface area (Å²) in [4.78, 5) is 0. The molecule has 6 N–H and O–H groups in total. The minimum atomic E-state index is -0.0876. The predicted molar refractivity (Wildman–Crippen MR) is 101 cm³/mol. The molecular weight excluding hydrogens is 354 g/mol. The predicted octanol–water partition coefficient (Wildman–Crippen LogP) is 2.63. The van der Waals surface area contributed by atoms with Gasteiger partial charge in [0.25, 0.3) is 0 Å². The third kappa shape index (κ3) is 3.76. The van der Waals surface area contributed by atoms with Crippen LogP contribution in [0, 0.1) is 12.3 Å². The van der Waals surface area contributed by atoms with E-state index in [1.54, 1.807) is 18.2 Å². The van der Waals surface area contributed by atoms with Crippen LogP contribution in [0.15, 0.2) is 34.7 Å². The van der Waals surface area contributed by atoms with Gasteiger partial charge in [0.15, 0.2) is 11.6 Å². The Kier molecular flexibility index (Phi) is 5.05. The zero-order valence-electron chi connectivity index (χ0n) is 14.3. The zero-order chi connectivity index (χ0) is 18.7. The van der Waals surface area contributed by atoms with E-state index >= 15 is 0 Å². The maximum atomic E-state index is 10.4. The molecule has 0 fully saturated rings. The number of amidine groups is 1. The minimum absolute atomic E-state index is 0.00547. The Hall–Kier alpha value is -3.11. The van der Waals surface area contributed by atoms with E-state index in [2.05, 4.69) is 19.4 Å². The lowest BCUT2D eigenvalue weighted by atomic mass is 10.1. The van der Waals surface area contributed by atoms with Crippen LogP contribution in [0.2, 0.25) is 0 Å². The van der Waals surface area contributed by atoms with Gasteiger partial charge in [-0.05, 0) is 31.2 Å². The zero-order valence-corrected chi connectivity index (χ0v) is 15.1. The van der Waals surface area contributed by atoms with Gasteiger partial charge in [0.05, 0.1) is 29.5 Å². The van der Waals surface area contributed by atoms with Crippen molar-refractivity contribution in [1.82, 2.24) is 13.8 Å². The Labute approximate surface area is 154 Å². The maximum Gasteiger partial charge on any atom is 0.188 e. The van der Waals surface area contributed by atoms with E-state index in [1.807, 2.05) is 19.1 Å². The summed E-state index contributed by atoms with van der Waals surface area (Å²) in [5.74, 6) is 8.12. The molecule has 10 heteroatoms. The van der Waals surface area contributed by atoms with Crippen LogP contribution in [-0.4, -0.2) is 31.7 Å². The third-order valence-corrected chi connectivity index (χ3v) is 4.14. The maximum absolute atomic E-state index is 10.4. The summed E-state index contributed by atoms with van der Waals surface area (Å²) < 4.78 is 13.9. The average molecular weight is 373 g/mol. The number of hydrogen-bond acceptors (Lipinski definition) is 9. The Bertz CT molecular complexity index is 919. The second-order valence-corrected chi connectivity index (χ2v) is 6.14. The number of benzene rings is 1. The number of nitrogens with zero attached hydrogens (tertiary/aromatic N) is 3. The molecule has 0 aliphatic carbocycles. The molecule has 0 spiro atoms. The van der Waals surface area contributed by atoms with Gasteiger partial charge in [-0.1, -0.05) is 6.07 Å². The first kappa shape index (κ1) is 17.7. The second-order valence-electron chi connectivity index (χ2n) is 5.61. The molecular formula is C16H19N7O2S. The van der Waals surface area contributed by atoms with E-state index in [0.717, 1.165) is 28.3 Å². The molecule has 9 nitrogen and oxygen atoms in total. The van der Waals surface area contributed by atoms with Crippen molar-refractivity contribution in [1.29, 1.82) is 5.41 Å². The third-order valence-electron chi connectivity index (χ3n) is 3.61. The molecule has 0 saturated heterocycles. The van der Waals surface area contributed by atoms with E-state index < -0.39 is 0 Å². The summed E-state index contributed by atoms with van der Waals surface area (Å²) in [6, 6.07) is 8.79. The van der Waals surface area contributed by atoms with Crippen LogP contribution in [0.3, 0.4) is 0 Å². The first-order chi connectivity index (χ1) is 12.5. The second kappa shape index (κ2) is 7.42. The smallest absolute Gasteiger partial charge is 0.188 e. The SMILES string of the molecule is Cc1ccc(CNc2nsnc2Nc2cccc(C(=N)N(C)N)c2O)o1. The summed E-state index contributed by atoms with van der Waals surface area (Å²) in [5.41, 5.74) is 0.711. The van der Waals surface area contributed by atoms with Crippen LogP contribution in [-0.2, 0) is 6.54 Å². The Balaban J connectivity index is 1.77. The largest absolute Gasteiger partial charge is 0.505 e. The van der Waals surface area contributed by atoms with Crippen molar-refractivity contribution in [3.05, 3.63) is 47.4 Å². The normalized spacial score (nSPS) is 10.6. The van der Waals surface area contributed by atoms with Gasteiger partial charge >= 0.3 is 0 Å². The molecule has 0 aliphatic heterocycles. The number of hydrogen-bond donors (Lipinski definition) is 5. The topological polar surface area (TPSA) is 136 Å². The molecule has 0 radical (unpaired) electrons. The molecule has 2 aromatic heterocycles. The fourth-order valence-corrected chi connectivity index (χ4v) is 2.78. The number of aryl methyl sites for hydroxylation is 1. The molecule has 0 amide bonds. The lowest BCUT2D eigenvalue weighted by Gasteiger charge is -2.16. The highest BCUT2D eigenvalue weighted by Gasteiger charge is 2.16. The lowest BCUT2D eigenvalue weighted by Crippen LogP contribution is -2.33. The molecule has 0 atom stereocenters. The first-order valence-corrected chi connectivity index (χ1v) is 8.47. The van der Waals surface area contributed by atoms with Crippen molar-refractivity contribution in [2.24, 2.45) is 5.84 Å². The molecule has 0 saturated carbocycles. The number of phenols is 1. The number of aromatic nitrogens is 2. The monoisotopic (exact) mass is 373 g/mol. The molecule has 3 aromatic rings. The summed E-state index contributed by atoms with van der Waals surface area (Å²) in [6.07, 6.45) is 0. The van der Waals surface area contributed by atoms with Gasteiger partial charge in [0.1, 0.15) is 23.1 Å². The van der Waals surface area contributed by atoms with Gasteiger partial charge in [-0.15, -0.1) is 0 Å². The number of furan rings is 1. The Morgan fingerprint density at radius 1 is 1.31 bits per heavy atom. The molecule has 136 valence electrons. The van der Waals surface area contributed by atoms with E-state index in [0.29, 0.717) is 29.4 Å². The molecule has 0 unspecified atom stereocenters. The number of hydrazine groups is 1. The van der Waals surface area contributed by atoms with E-state index in [-0.39, 0.29) is 11.6 Å². The molecule has 3 rings (SSSR count). The fourth-order valence-electron chi connectivity index (χ4n) is 2.29. The highest BCUT2D eigenvalue weighted by atomic mass is 32.1. The number of rotatable bonds is 6. The quantitative estimate of drug-likeness (QED) is 0.146. The van der Waals surface area contributed by atoms with Gasteiger partial charge in [0.2, 0.25) is 0 Å². The highest BCUT2D eigenvalue weighted by Crippen LogP contribution is 2.32. The van der Waals surface area contributed by atoms with E-state index in [1.165, 1.54) is 7.05 Å². The number of aromatic hydroxyl groups is 1. The number of nitrogens with one attached hydrogen (secondary N) is 3. The van der Waals surface area contributed by atoms with Crippen LogP contribution in [0.4, 0.5) is 17.3 Å². The number of para-hydroxylation sites is 1. The number of phenolic OH excluding ortho intramolecular Hbond substituents is 1. The summed E-state index contributed by atoms with van der Waals surface area (Å²) in [7, 11) is 1.53. The highest BCUT2D eigenvalue weighted by molar-refractivity contribution is 6.99. The van der Waals surface area contributed by atoms with Crippen molar-refractivity contribution in [3.8, 4) is 5.75 Å². The Morgan fingerprint density at radius 2 is 2.08 bits per heavy atom. The van der Waals surface area contributed by atoms with Gasteiger partial charge in [-0.2, -0.15) is 8.75 Å². The lowest BCUT2D eigenvalue weighted by molar-refractivity contribution is 0.471. The summed E-state index contributed by atoms with van der Waals surface area (Å²) in [6.45, 7) is 2.34. The standard InChI is InChI=1S/C16H19N7O2S/c1-9-6-7-10(25-9)8-19-15-16(22-26-21-15)20-12-5-3-4-11(13(12)24)14(17)23(2)18/h3-7,17,24H,8,18H2,1-2H3,(H,19,21)(H,20,22). The van der Waals surface area contributed by atoms with Gasteiger partial charge in [-0.3, -0.25) is 10.4 Å². The van der Waals surface area contributed by atoms with Crippen molar-refractivity contribution in [2.75, 3.05) is 17.7 Å². The van der Waals surface area contributed by atoms with Gasteiger partial charge < -0.3 is 20.2 Å². The number of anilines is 3. The van der Waals surface area contributed by atoms with Crippen LogP contribution >= 0.6 is 11.7 Å². The molecule has 0 bridgehead atoms. The van der Waals surface area contributed by atoms with Crippen LogP contribution in [0.1, 0.15) is 17.1 Å². The average Bonchev–Trinajstić information content (AvgIpc) is 3.23. The molecule has 1 aromatic carbocycles. The summed E-state index contributed by atoms with van der Waals surface area (Å²) >= 11 is 1.04. The van der Waals surface area contributed by atoms with Crippen molar-refractivity contribution >= 4 is 34.9 Å². The van der Waals surface area contributed by atoms with Crippen LogP contribution in [0.25, 0.3) is 0 Å². The van der Waals surface area contributed by atoms with Crippen molar-refractivity contribution < 1.29 is 9.52 Å². The minimum Gasteiger partial charge on any atom is -0.505 e. The van der Waals surface area contributed by atoms with Crippen LogP contribution in [0.5, 0.6) is 5.75 Å². The fraction of sp³-hybridized carbons (Fsp3) is 0.188.